The van der Waals surface area contributed by atoms with Gasteiger partial charge in [0.2, 0.25) is 0 Å². The van der Waals surface area contributed by atoms with Gasteiger partial charge in [0.15, 0.2) is 0 Å². The van der Waals surface area contributed by atoms with Gasteiger partial charge in [0.1, 0.15) is 0 Å². The predicted molar refractivity (Wildman–Crippen MR) is 71.0 cm³/mol. The summed E-state index contributed by atoms with van der Waals surface area (Å²) in [6.45, 7) is 7.69. The molecule has 0 aromatic carbocycles. The number of rotatable bonds is 3. The van der Waals surface area contributed by atoms with Gasteiger partial charge in [-0.25, -0.2) is 0 Å². The van der Waals surface area contributed by atoms with Crippen molar-refractivity contribution in [3.63, 3.8) is 0 Å². The first-order chi connectivity index (χ1) is 8.22. The van der Waals surface area contributed by atoms with Crippen LogP contribution in [0.4, 0.5) is 0 Å². The second kappa shape index (κ2) is 6.17. The Morgan fingerprint density at radius 3 is 2.47 bits per heavy atom. The Balaban J connectivity index is 1.94. The lowest BCUT2D eigenvalue weighted by atomic mass is 9.87. The Morgan fingerprint density at radius 1 is 1.18 bits per heavy atom. The topological polar surface area (TPSA) is 38.5 Å². The van der Waals surface area contributed by atoms with E-state index in [-0.39, 0.29) is 0 Å². The van der Waals surface area contributed by atoms with Crippen LogP contribution in [0.1, 0.15) is 46.0 Å². The van der Waals surface area contributed by atoms with Crippen LogP contribution >= 0.6 is 0 Å². The normalized spacial score (nSPS) is 39.5. The highest BCUT2D eigenvalue weighted by Gasteiger charge is 2.32. The van der Waals surface area contributed by atoms with Crippen LogP contribution in [0, 0.1) is 5.92 Å². The summed E-state index contributed by atoms with van der Waals surface area (Å²) in [7, 11) is 0. The van der Waals surface area contributed by atoms with Crippen molar-refractivity contribution in [2.45, 2.75) is 64.1 Å². The van der Waals surface area contributed by atoms with E-state index in [4.69, 9.17) is 10.5 Å². The maximum atomic E-state index is 6.01. The molecule has 2 N–H and O–H groups in total. The number of ether oxygens (including phenoxy) is 1. The van der Waals surface area contributed by atoms with E-state index in [1.165, 1.54) is 38.6 Å². The number of hydrogen-bond donors (Lipinski definition) is 1. The SMILES string of the molecule is CCN(C1CCC(N)CC1)C1CCOCC1C. The summed E-state index contributed by atoms with van der Waals surface area (Å²) >= 11 is 0. The molecule has 2 atom stereocenters. The van der Waals surface area contributed by atoms with Gasteiger partial charge in [0, 0.05) is 24.7 Å². The van der Waals surface area contributed by atoms with Crippen molar-refractivity contribution in [1.82, 2.24) is 4.90 Å². The first-order valence-corrected chi connectivity index (χ1v) is 7.31. The highest BCUT2D eigenvalue weighted by Crippen LogP contribution is 2.28. The van der Waals surface area contributed by atoms with Gasteiger partial charge >= 0.3 is 0 Å². The maximum Gasteiger partial charge on any atom is 0.0506 e. The van der Waals surface area contributed by atoms with E-state index in [0.29, 0.717) is 12.0 Å². The lowest BCUT2D eigenvalue weighted by molar-refractivity contribution is -0.0253. The van der Waals surface area contributed by atoms with Gasteiger partial charge in [-0.15, -0.1) is 0 Å². The molecule has 1 aliphatic carbocycles. The number of nitrogens with two attached hydrogens (primary N) is 1. The minimum Gasteiger partial charge on any atom is -0.381 e. The zero-order valence-corrected chi connectivity index (χ0v) is 11.4. The molecule has 0 aromatic heterocycles. The van der Waals surface area contributed by atoms with Crippen LogP contribution in [0.25, 0.3) is 0 Å². The molecule has 0 bridgehead atoms. The Morgan fingerprint density at radius 2 is 1.88 bits per heavy atom. The highest BCUT2D eigenvalue weighted by molar-refractivity contribution is 4.87. The van der Waals surface area contributed by atoms with Crippen molar-refractivity contribution >= 4 is 0 Å². The van der Waals surface area contributed by atoms with E-state index in [1.54, 1.807) is 0 Å². The smallest absolute Gasteiger partial charge is 0.0506 e. The van der Waals surface area contributed by atoms with Gasteiger partial charge < -0.3 is 10.5 Å². The highest BCUT2D eigenvalue weighted by atomic mass is 16.5. The molecule has 1 saturated heterocycles. The van der Waals surface area contributed by atoms with E-state index < -0.39 is 0 Å². The summed E-state index contributed by atoms with van der Waals surface area (Å²) in [5, 5.41) is 0. The van der Waals surface area contributed by atoms with Gasteiger partial charge in [-0.1, -0.05) is 13.8 Å². The molecule has 1 aliphatic heterocycles. The molecule has 2 aliphatic rings. The van der Waals surface area contributed by atoms with Gasteiger partial charge in [-0.3, -0.25) is 4.90 Å². The molecule has 2 unspecified atom stereocenters. The van der Waals surface area contributed by atoms with Crippen LogP contribution in [-0.4, -0.2) is 42.8 Å². The Kier molecular flexibility index (Phi) is 4.83. The third kappa shape index (κ3) is 3.21. The van der Waals surface area contributed by atoms with Crippen molar-refractivity contribution in [3.05, 3.63) is 0 Å². The molecule has 1 saturated carbocycles. The van der Waals surface area contributed by atoms with Crippen molar-refractivity contribution < 1.29 is 4.74 Å². The van der Waals surface area contributed by atoms with E-state index in [0.717, 1.165) is 25.3 Å². The second-order valence-electron chi connectivity index (χ2n) is 5.81. The van der Waals surface area contributed by atoms with E-state index in [2.05, 4.69) is 18.7 Å². The first-order valence-electron chi connectivity index (χ1n) is 7.31. The summed E-state index contributed by atoms with van der Waals surface area (Å²) in [4.78, 5) is 2.74. The predicted octanol–water partition coefficient (Wildman–Crippen LogP) is 2.00. The Hall–Kier alpha value is -0.120. The summed E-state index contributed by atoms with van der Waals surface area (Å²) in [6, 6.07) is 1.95. The van der Waals surface area contributed by atoms with Crippen LogP contribution in [0.15, 0.2) is 0 Å². The van der Waals surface area contributed by atoms with Gasteiger partial charge in [-0.2, -0.15) is 0 Å². The molecular formula is C14H28N2O. The molecule has 0 amide bonds. The average molecular weight is 240 g/mol. The summed E-state index contributed by atoms with van der Waals surface area (Å²) in [5.74, 6) is 0.680. The summed E-state index contributed by atoms with van der Waals surface area (Å²) in [6.07, 6.45) is 6.20. The van der Waals surface area contributed by atoms with Crippen molar-refractivity contribution in [1.29, 1.82) is 0 Å². The fourth-order valence-corrected chi connectivity index (χ4v) is 3.56. The summed E-state index contributed by atoms with van der Waals surface area (Å²) < 4.78 is 5.56. The molecule has 17 heavy (non-hydrogen) atoms. The van der Waals surface area contributed by atoms with Crippen LogP contribution in [0.3, 0.4) is 0 Å². The first kappa shape index (κ1) is 13.3. The molecular weight excluding hydrogens is 212 g/mol. The minimum atomic E-state index is 0.456. The van der Waals surface area contributed by atoms with Crippen LogP contribution in [-0.2, 0) is 4.74 Å². The molecule has 100 valence electrons. The lowest BCUT2D eigenvalue weighted by Crippen LogP contribution is -2.51. The number of hydrogen-bond acceptors (Lipinski definition) is 3. The summed E-state index contributed by atoms with van der Waals surface area (Å²) in [5.41, 5.74) is 6.01. The van der Waals surface area contributed by atoms with E-state index in [9.17, 15) is 0 Å². The van der Waals surface area contributed by atoms with E-state index >= 15 is 0 Å². The molecule has 2 rings (SSSR count). The van der Waals surface area contributed by atoms with Crippen LogP contribution in [0.2, 0.25) is 0 Å². The fraction of sp³-hybridized carbons (Fsp3) is 1.00. The van der Waals surface area contributed by atoms with Crippen molar-refractivity contribution in [3.8, 4) is 0 Å². The van der Waals surface area contributed by atoms with Crippen molar-refractivity contribution in [2.75, 3.05) is 19.8 Å². The zero-order valence-electron chi connectivity index (χ0n) is 11.4. The number of nitrogens with zero attached hydrogens (tertiary/aromatic N) is 1. The molecule has 0 spiro atoms. The molecule has 3 nitrogen and oxygen atoms in total. The molecule has 3 heteroatoms. The third-order valence-electron chi connectivity index (χ3n) is 4.60. The second-order valence-corrected chi connectivity index (χ2v) is 5.81. The largest absolute Gasteiger partial charge is 0.381 e. The minimum absolute atomic E-state index is 0.456. The zero-order chi connectivity index (χ0) is 12.3. The van der Waals surface area contributed by atoms with Crippen molar-refractivity contribution in [2.24, 2.45) is 11.7 Å². The standard InChI is InChI=1S/C14H28N2O/c1-3-16(13-6-4-12(15)5-7-13)14-8-9-17-10-11(14)2/h11-14H,3-10,15H2,1-2H3. The van der Waals surface area contributed by atoms with E-state index in [1.807, 2.05) is 0 Å². The lowest BCUT2D eigenvalue weighted by Gasteiger charge is -2.44. The fourth-order valence-electron chi connectivity index (χ4n) is 3.56. The molecule has 0 aromatic rings. The van der Waals surface area contributed by atoms with Gasteiger partial charge in [0.05, 0.1) is 6.61 Å². The Bertz CT molecular complexity index is 226. The van der Waals surface area contributed by atoms with Crippen LogP contribution < -0.4 is 5.73 Å². The molecule has 1 heterocycles. The quantitative estimate of drug-likeness (QED) is 0.820. The van der Waals surface area contributed by atoms with Gasteiger partial charge in [0.25, 0.3) is 0 Å². The Labute approximate surface area is 106 Å². The maximum absolute atomic E-state index is 6.01. The third-order valence-corrected chi connectivity index (χ3v) is 4.60. The van der Waals surface area contributed by atoms with Gasteiger partial charge in [-0.05, 0) is 44.6 Å². The molecule has 0 radical (unpaired) electrons. The molecule has 2 fully saturated rings. The average Bonchev–Trinajstić information content (AvgIpc) is 2.35. The monoisotopic (exact) mass is 240 g/mol. The van der Waals surface area contributed by atoms with Crippen LogP contribution in [0.5, 0.6) is 0 Å².